The van der Waals surface area contributed by atoms with Crippen LogP contribution in [0.25, 0.3) is 11.2 Å². The lowest BCUT2D eigenvalue weighted by atomic mass is 10.1. The molecule has 0 saturated carbocycles. The molecule has 7 N–H and O–H groups in total. The second-order valence-electron chi connectivity index (χ2n) is 5.60. The van der Waals surface area contributed by atoms with Crippen molar-refractivity contribution in [1.29, 1.82) is 0 Å². The smallest absolute Gasteiger partial charge is 0.333 e. The van der Waals surface area contributed by atoms with E-state index < -0.39 is 42.4 Å². The number of aliphatic hydroxyl groups excluding tert-OH is 3. The van der Waals surface area contributed by atoms with E-state index in [1.165, 1.54) is 6.08 Å². The summed E-state index contributed by atoms with van der Waals surface area (Å²) in [5.74, 6) is 5.18. The van der Waals surface area contributed by atoms with Crippen LogP contribution in [-0.4, -0.2) is 59.0 Å². The number of fused-ring (bicyclic) bond motifs is 1. The number of ether oxygens (including phenoxy) is 1. The van der Waals surface area contributed by atoms with Crippen molar-refractivity contribution in [3.05, 3.63) is 33.5 Å². The fourth-order valence-electron chi connectivity index (χ4n) is 2.87. The van der Waals surface area contributed by atoms with Gasteiger partial charge in [0.05, 0.1) is 6.61 Å². The molecule has 3 heterocycles. The maximum Gasteiger partial charge on any atom is 0.333 e. The molecule has 0 radical (unpaired) electrons. The first-order valence-electron chi connectivity index (χ1n) is 7.35. The molecule has 0 unspecified atom stereocenters. The number of nitrogens with two attached hydrogens (primary N) is 2. The van der Waals surface area contributed by atoms with Gasteiger partial charge in [0.2, 0.25) is 5.95 Å². The number of hydrogen-bond acceptors (Lipinski definition) is 9. The molecule has 1 aliphatic rings. The van der Waals surface area contributed by atoms with Crippen LogP contribution in [0.3, 0.4) is 0 Å². The molecule has 0 spiro atoms. The molecule has 136 valence electrons. The van der Waals surface area contributed by atoms with Crippen LogP contribution in [0.5, 0.6) is 0 Å². The molecule has 12 heteroatoms. The van der Waals surface area contributed by atoms with Crippen molar-refractivity contribution >= 4 is 17.1 Å². The molecule has 3 rings (SSSR count). The van der Waals surface area contributed by atoms with E-state index in [0.717, 1.165) is 9.13 Å². The number of hydrogen-bond donors (Lipinski definition) is 5. The highest BCUT2D eigenvalue weighted by Gasteiger charge is 2.45. The van der Waals surface area contributed by atoms with Gasteiger partial charge in [-0.2, -0.15) is 9.66 Å². The number of anilines is 1. The number of allylic oxidation sites excluding steroid dienone is 1. The van der Waals surface area contributed by atoms with E-state index in [1.807, 2.05) is 0 Å². The number of aromatic nitrogens is 4. The first kappa shape index (κ1) is 17.2. The Kier molecular flexibility index (Phi) is 4.12. The van der Waals surface area contributed by atoms with Gasteiger partial charge in [-0.3, -0.25) is 9.36 Å². The van der Waals surface area contributed by atoms with E-state index in [2.05, 4.69) is 11.6 Å². The Morgan fingerprint density at radius 1 is 1.32 bits per heavy atom. The summed E-state index contributed by atoms with van der Waals surface area (Å²) in [7, 11) is 0. The summed E-state index contributed by atoms with van der Waals surface area (Å²) in [6.07, 6.45) is -4.03. The third kappa shape index (κ3) is 2.34. The zero-order chi connectivity index (χ0) is 18.5. The molecular formula is C13H18N6O6. The number of aliphatic hydroxyl groups is 3. The Morgan fingerprint density at radius 2 is 2.00 bits per heavy atom. The van der Waals surface area contributed by atoms with Crippen LogP contribution in [0.4, 0.5) is 5.95 Å². The van der Waals surface area contributed by atoms with Gasteiger partial charge in [0.1, 0.15) is 18.3 Å². The van der Waals surface area contributed by atoms with Crippen LogP contribution in [0.2, 0.25) is 0 Å². The topological polar surface area (TPSA) is 184 Å². The Bertz CT molecular complexity index is 945. The summed E-state index contributed by atoms with van der Waals surface area (Å²) in [6.45, 7) is 2.93. The van der Waals surface area contributed by atoms with Gasteiger partial charge in [-0.05, 0) is 0 Å². The molecule has 1 fully saturated rings. The van der Waals surface area contributed by atoms with Gasteiger partial charge in [-0.15, -0.1) is 6.58 Å². The summed E-state index contributed by atoms with van der Waals surface area (Å²) in [4.78, 5) is 29.1. The standard InChI is InChI=1S/C13H18N6O6/c1-2-3-17-6-9(16-12(14)19(15)10(6)23)18(13(17)24)11-8(22)7(21)5(4-20)25-11/h2,5,7-8,11,20-22H,1,3-4,15H2,(H2,14,16)/t5-,7-,8-,11-/m1/s1. The second kappa shape index (κ2) is 6.00. The molecule has 1 aliphatic heterocycles. The van der Waals surface area contributed by atoms with Crippen molar-refractivity contribution in [2.75, 3.05) is 18.2 Å². The number of rotatable bonds is 4. The highest BCUT2D eigenvalue weighted by molar-refractivity contribution is 5.72. The molecule has 2 aromatic heterocycles. The fraction of sp³-hybridized carbons (Fsp3) is 0.462. The minimum atomic E-state index is -1.53. The molecule has 0 bridgehead atoms. The lowest BCUT2D eigenvalue weighted by Gasteiger charge is -2.15. The van der Waals surface area contributed by atoms with Crippen LogP contribution in [-0.2, 0) is 11.3 Å². The molecule has 0 amide bonds. The molecular weight excluding hydrogens is 336 g/mol. The number of imidazole rings is 1. The van der Waals surface area contributed by atoms with Crippen LogP contribution < -0.4 is 22.8 Å². The van der Waals surface area contributed by atoms with E-state index in [1.54, 1.807) is 0 Å². The highest BCUT2D eigenvalue weighted by Crippen LogP contribution is 2.30. The minimum absolute atomic E-state index is 0.0298. The normalized spacial score (nSPS) is 26.4. The quantitative estimate of drug-likeness (QED) is 0.274. The predicted molar refractivity (Wildman–Crippen MR) is 86.0 cm³/mol. The molecule has 2 aromatic rings. The van der Waals surface area contributed by atoms with Gasteiger partial charge in [0.25, 0.3) is 5.56 Å². The lowest BCUT2D eigenvalue weighted by molar-refractivity contribution is -0.0527. The van der Waals surface area contributed by atoms with Crippen molar-refractivity contribution in [1.82, 2.24) is 18.8 Å². The van der Waals surface area contributed by atoms with Crippen molar-refractivity contribution in [2.24, 2.45) is 0 Å². The van der Waals surface area contributed by atoms with Crippen molar-refractivity contribution in [3.8, 4) is 0 Å². The van der Waals surface area contributed by atoms with E-state index in [9.17, 15) is 24.9 Å². The van der Waals surface area contributed by atoms with Gasteiger partial charge < -0.3 is 31.6 Å². The summed E-state index contributed by atoms with van der Waals surface area (Å²) < 4.78 is 7.90. The van der Waals surface area contributed by atoms with Gasteiger partial charge in [-0.25, -0.2) is 9.36 Å². The van der Waals surface area contributed by atoms with Gasteiger partial charge in [-0.1, -0.05) is 6.08 Å². The number of nitrogen functional groups attached to an aromatic ring is 2. The molecule has 0 aliphatic carbocycles. The third-order valence-electron chi connectivity index (χ3n) is 4.12. The SMILES string of the molecule is C=CCn1c(=O)n([C@@H]2O[C@H](CO)[C@@H](O)[C@H]2O)c2nc(N)n(N)c(=O)c21. The molecule has 25 heavy (non-hydrogen) atoms. The number of nitrogens with zero attached hydrogens (tertiary/aromatic N) is 4. The van der Waals surface area contributed by atoms with Crippen LogP contribution in [0.1, 0.15) is 6.23 Å². The first-order valence-corrected chi connectivity index (χ1v) is 7.35. The van der Waals surface area contributed by atoms with Crippen molar-refractivity contribution in [3.63, 3.8) is 0 Å². The zero-order valence-electron chi connectivity index (χ0n) is 13.0. The maximum atomic E-state index is 12.8. The Balaban J connectivity index is 2.33. The van der Waals surface area contributed by atoms with E-state index >= 15 is 0 Å². The fourth-order valence-corrected chi connectivity index (χ4v) is 2.87. The van der Waals surface area contributed by atoms with Gasteiger partial charge in [0, 0.05) is 6.54 Å². The average Bonchev–Trinajstić information content (AvgIpc) is 3.01. The first-order chi connectivity index (χ1) is 11.8. The Labute approximate surface area is 139 Å². The van der Waals surface area contributed by atoms with E-state index in [-0.39, 0.29) is 23.7 Å². The Morgan fingerprint density at radius 3 is 2.56 bits per heavy atom. The monoisotopic (exact) mass is 354 g/mol. The summed E-state index contributed by atoms with van der Waals surface area (Å²) in [6, 6.07) is 0. The minimum Gasteiger partial charge on any atom is -0.394 e. The summed E-state index contributed by atoms with van der Waals surface area (Å²) in [5, 5.41) is 29.3. The summed E-state index contributed by atoms with van der Waals surface area (Å²) >= 11 is 0. The predicted octanol–water partition coefficient (Wildman–Crippen LogP) is -3.55. The maximum absolute atomic E-state index is 12.8. The van der Waals surface area contributed by atoms with Crippen LogP contribution >= 0.6 is 0 Å². The Hall–Kier alpha value is -2.67. The molecule has 0 aromatic carbocycles. The molecule has 1 saturated heterocycles. The van der Waals surface area contributed by atoms with Crippen molar-refractivity contribution in [2.45, 2.75) is 31.1 Å². The molecule has 4 atom stereocenters. The average molecular weight is 354 g/mol. The van der Waals surface area contributed by atoms with E-state index in [4.69, 9.17) is 16.3 Å². The van der Waals surface area contributed by atoms with Crippen LogP contribution in [0.15, 0.2) is 22.2 Å². The summed E-state index contributed by atoms with van der Waals surface area (Å²) in [5.41, 5.74) is 3.77. The zero-order valence-corrected chi connectivity index (χ0v) is 13.0. The van der Waals surface area contributed by atoms with E-state index in [0.29, 0.717) is 4.68 Å². The lowest BCUT2D eigenvalue weighted by Crippen LogP contribution is -2.36. The van der Waals surface area contributed by atoms with Gasteiger partial charge in [0.15, 0.2) is 17.4 Å². The van der Waals surface area contributed by atoms with Gasteiger partial charge >= 0.3 is 5.69 Å². The molecule has 12 nitrogen and oxygen atoms in total. The highest BCUT2D eigenvalue weighted by atomic mass is 16.6. The van der Waals surface area contributed by atoms with Crippen molar-refractivity contribution < 1.29 is 20.1 Å². The second-order valence-corrected chi connectivity index (χ2v) is 5.60. The largest absolute Gasteiger partial charge is 0.394 e. The third-order valence-corrected chi connectivity index (χ3v) is 4.12. The van der Waals surface area contributed by atoms with Crippen LogP contribution in [0, 0.1) is 0 Å².